The van der Waals surface area contributed by atoms with E-state index in [-0.39, 0.29) is 22.7 Å². The lowest BCUT2D eigenvalue weighted by molar-refractivity contribution is -0.286. The zero-order chi connectivity index (χ0) is 19.4. The third kappa shape index (κ3) is 4.70. The molecule has 0 aliphatic carbocycles. The maximum Gasteiger partial charge on any atom is 0.586 e. The Kier molecular flexibility index (Phi) is 5.22. The van der Waals surface area contributed by atoms with Gasteiger partial charge in [-0.15, -0.1) is 8.78 Å². The summed E-state index contributed by atoms with van der Waals surface area (Å²) in [5.74, 6) is -1.65. The highest BCUT2D eigenvalue weighted by Gasteiger charge is 2.43. The molecule has 0 fully saturated rings. The zero-order valence-corrected chi connectivity index (χ0v) is 14.2. The van der Waals surface area contributed by atoms with Crippen molar-refractivity contribution in [3.8, 4) is 11.5 Å². The third-order valence-electron chi connectivity index (χ3n) is 3.49. The topological polar surface area (TPSA) is 83.1 Å². The first-order valence-corrected chi connectivity index (χ1v) is 7.81. The Morgan fingerprint density at radius 3 is 2.67 bits per heavy atom. The standard InChI is InChI=1S/C18H15F2NO6/c1-24-9-11-3-2-4-12(7-11)17(23)25-10-16(22)21-13-5-6-14-15(8-13)27-18(19,20)26-14/h2-8H,9-10H2,1H3,(H,21,22). The zero-order valence-electron chi connectivity index (χ0n) is 14.2. The number of rotatable bonds is 6. The second kappa shape index (κ2) is 7.58. The number of hydrogen-bond donors (Lipinski definition) is 1. The van der Waals surface area contributed by atoms with Crippen LogP contribution in [-0.2, 0) is 20.9 Å². The summed E-state index contributed by atoms with van der Waals surface area (Å²) in [4.78, 5) is 23.9. The monoisotopic (exact) mass is 379 g/mol. The normalized spacial score (nSPS) is 13.9. The summed E-state index contributed by atoms with van der Waals surface area (Å²) in [6, 6.07) is 10.4. The van der Waals surface area contributed by atoms with Crippen LogP contribution in [0.25, 0.3) is 0 Å². The highest BCUT2D eigenvalue weighted by atomic mass is 19.3. The van der Waals surface area contributed by atoms with E-state index < -0.39 is 24.8 Å². The molecule has 0 saturated heterocycles. The molecular weight excluding hydrogens is 364 g/mol. The molecule has 0 aromatic heterocycles. The first-order valence-electron chi connectivity index (χ1n) is 7.81. The van der Waals surface area contributed by atoms with Crippen molar-refractivity contribution in [1.82, 2.24) is 0 Å². The van der Waals surface area contributed by atoms with Crippen LogP contribution in [0.4, 0.5) is 14.5 Å². The molecule has 9 heteroatoms. The lowest BCUT2D eigenvalue weighted by Gasteiger charge is -2.08. The van der Waals surface area contributed by atoms with Crippen molar-refractivity contribution in [2.24, 2.45) is 0 Å². The number of halogens is 2. The molecule has 0 radical (unpaired) electrons. The van der Waals surface area contributed by atoms with Crippen molar-refractivity contribution in [1.29, 1.82) is 0 Å². The molecule has 0 spiro atoms. The van der Waals surface area contributed by atoms with Gasteiger partial charge in [-0.1, -0.05) is 12.1 Å². The SMILES string of the molecule is COCc1cccc(C(=O)OCC(=O)Nc2ccc3c(c2)OC(F)(F)O3)c1. The minimum Gasteiger partial charge on any atom is -0.452 e. The van der Waals surface area contributed by atoms with E-state index in [2.05, 4.69) is 14.8 Å². The van der Waals surface area contributed by atoms with Gasteiger partial charge in [0, 0.05) is 18.9 Å². The van der Waals surface area contributed by atoms with E-state index >= 15 is 0 Å². The van der Waals surface area contributed by atoms with E-state index in [0.29, 0.717) is 6.61 Å². The molecule has 2 aromatic rings. The van der Waals surface area contributed by atoms with Crippen molar-refractivity contribution >= 4 is 17.6 Å². The first-order chi connectivity index (χ1) is 12.9. The summed E-state index contributed by atoms with van der Waals surface area (Å²) in [7, 11) is 1.53. The molecule has 1 amide bonds. The highest BCUT2D eigenvalue weighted by molar-refractivity contribution is 5.95. The van der Waals surface area contributed by atoms with Crippen LogP contribution in [0.15, 0.2) is 42.5 Å². The predicted octanol–water partition coefficient (Wildman–Crippen LogP) is 2.95. The number of benzene rings is 2. The van der Waals surface area contributed by atoms with Crippen molar-refractivity contribution in [3.63, 3.8) is 0 Å². The van der Waals surface area contributed by atoms with Crippen molar-refractivity contribution in [2.45, 2.75) is 12.9 Å². The van der Waals surface area contributed by atoms with Gasteiger partial charge in [-0.25, -0.2) is 4.79 Å². The number of carbonyl (C=O) groups excluding carboxylic acids is 2. The predicted molar refractivity (Wildman–Crippen MR) is 88.7 cm³/mol. The Morgan fingerprint density at radius 1 is 1.11 bits per heavy atom. The van der Waals surface area contributed by atoms with Crippen molar-refractivity contribution in [3.05, 3.63) is 53.6 Å². The fraction of sp³-hybridized carbons (Fsp3) is 0.222. The Morgan fingerprint density at radius 2 is 1.89 bits per heavy atom. The quantitative estimate of drug-likeness (QED) is 0.777. The van der Waals surface area contributed by atoms with E-state index in [1.54, 1.807) is 24.3 Å². The number of esters is 1. The number of alkyl halides is 2. The van der Waals surface area contributed by atoms with Crippen LogP contribution in [0.1, 0.15) is 15.9 Å². The van der Waals surface area contributed by atoms with E-state index in [1.807, 2.05) is 0 Å². The highest BCUT2D eigenvalue weighted by Crippen LogP contribution is 2.42. The van der Waals surface area contributed by atoms with Crippen molar-refractivity contribution < 1.29 is 37.3 Å². The molecule has 1 N–H and O–H groups in total. The lowest BCUT2D eigenvalue weighted by Crippen LogP contribution is -2.25. The molecule has 1 aliphatic rings. The number of nitrogens with one attached hydrogen (secondary N) is 1. The molecule has 1 aliphatic heterocycles. The fourth-order valence-electron chi connectivity index (χ4n) is 2.39. The number of ether oxygens (including phenoxy) is 4. The molecule has 3 rings (SSSR count). The van der Waals surface area contributed by atoms with Crippen LogP contribution in [0, 0.1) is 0 Å². The van der Waals surface area contributed by atoms with Crippen molar-refractivity contribution in [2.75, 3.05) is 19.0 Å². The Bertz CT molecular complexity index is 871. The number of hydrogen-bond acceptors (Lipinski definition) is 6. The number of fused-ring (bicyclic) bond motifs is 1. The van der Waals surface area contributed by atoms with E-state index in [9.17, 15) is 18.4 Å². The molecular formula is C18H15F2NO6. The number of amides is 1. The van der Waals surface area contributed by atoms with E-state index in [1.165, 1.54) is 25.3 Å². The maximum absolute atomic E-state index is 13.0. The van der Waals surface area contributed by atoms with Gasteiger partial charge >= 0.3 is 12.3 Å². The average Bonchev–Trinajstić information content (AvgIpc) is 2.93. The molecule has 0 atom stereocenters. The first kappa shape index (κ1) is 18.6. The summed E-state index contributed by atoms with van der Waals surface area (Å²) >= 11 is 0. The van der Waals surface area contributed by atoms with Gasteiger partial charge in [0.05, 0.1) is 12.2 Å². The molecule has 0 saturated carbocycles. The third-order valence-corrected chi connectivity index (χ3v) is 3.49. The van der Waals surface area contributed by atoms with Gasteiger partial charge in [-0.05, 0) is 29.8 Å². The second-order valence-electron chi connectivity index (χ2n) is 5.59. The summed E-state index contributed by atoms with van der Waals surface area (Å²) in [5.41, 5.74) is 1.26. The fourth-order valence-corrected chi connectivity index (χ4v) is 2.39. The smallest absolute Gasteiger partial charge is 0.452 e. The van der Waals surface area contributed by atoms with Crippen LogP contribution in [0.2, 0.25) is 0 Å². The lowest BCUT2D eigenvalue weighted by atomic mass is 10.1. The van der Waals surface area contributed by atoms with Crippen LogP contribution < -0.4 is 14.8 Å². The minimum absolute atomic E-state index is 0.139. The van der Waals surface area contributed by atoms with Crippen LogP contribution in [-0.4, -0.2) is 31.9 Å². The Hall–Kier alpha value is -3.20. The molecule has 0 unspecified atom stereocenters. The van der Waals surface area contributed by atoms with Gasteiger partial charge in [0.1, 0.15) is 0 Å². The van der Waals surface area contributed by atoms with Gasteiger partial charge in [0.25, 0.3) is 5.91 Å². The number of methoxy groups -OCH3 is 1. The second-order valence-corrected chi connectivity index (χ2v) is 5.59. The number of carbonyl (C=O) groups is 2. The number of anilines is 1. The van der Waals surface area contributed by atoms with Gasteiger partial charge in [-0.2, -0.15) is 0 Å². The van der Waals surface area contributed by atoms with Gasteiger partial charge in [0.2, 0.25) is 0 Å². The van der Waals surface area contributed by atoms with Crippen LogP contribution >= 0.6 is 0 Å². The summed E-state index contributed by atoms with van der Waals surface area (Å²) in [6.07, 6.45) is -3.74. The molecule has 1 heterocycles. The van der Waals surface area contributed by atoms with Gasteiger partial charge < -0.3 is 24.3 Å². The van der Waals surface area contributed by atoms with E-state index in [0.717, 1.165) is 5.56 Å². The molecule has 0 bridgehead atoms. The van der Waals surface area contributed by atoms with Gasteiger partial charge in [0.15, 0.2) is 18.1 Å². The van der Waals surface area contributed by atoms with Gasteiger partial charge in [-0.3, -0.25) is 4.79 Å². The molecule has 2 aromatic carbocycles. The summed E-state index contributed by atoms with van der Waals surface area (Å²) in [5, 5.41) is 2.42. The van der Waals surface area contributed by atoms with Crippen LogP contribution in [0.3, 0.4) is 0 Å². The largest absolute Gasteiger partial charge is 0.586 e. The summed E-state index contributed by atoms with van der Waals surface area (Å²) < 4.78 is 44.5. The maximum atomic E-state index is 13.0. The Labute approximate surface area is 152 Å². The average molecular weight is 379 g/mol. The van der Waals surface area contributed by atoms with Crippen LogP contribution in [0.5, 0.6) is 11.5 Å². The summed E-state index contributed by atoms with van der Waals surface area (Å²) in [6.45, 7) is -0.206. The minimum atomic E-state index is -3.74. The molecule has 7 nitrogen and oxygen atoms in total. The Balaban J connectivity index is 1.54. The molecule has 27 heavy (non-hydrogen) atoms. The van der Waals surface area contributed by atoms with E-state index in [4.69, 9.17) is 9.47 Å². The molecule has 142 valence electrons.